The molecule has 0 amide bonds. The van der Waals surface area contributed by atoms with E-state index in [4.69, 9.17) is 9.47 Å². The molecule has 1 aliphatic carbocycles. The molecule has 2 unspecified atom stereocenters. The summed E-state index contributed by atoms with van der Waals surface area (Å²) in [6.07, 6.45) is 6.66. The van der Waals surface area contributed by atoms with Crippen LogP contribution in [-0.4, -0.2) is 38.5 Å². The lowest BCUT2D eigenvalue weighted by atomic mass is 9.76. The summed E-state index contributed by atoms with van der Waals surface area (Å²) >= 11 is 0. The lowest BCUT2D eigenvalue weighted by molar-refractivity contribution is 0.00789. The van der Waals surface area contributed by atoms with E-state index in [1.807, 2.05) is 0 Å². The summed E-state index contributed by atoms with van der Waals surface area (Å²) in [5, 5.41) is 3.65. The van der Waals surface area contributed by atoms with Gasteiger partial charge in [-0.2, -0.15) is 0 Å². The summed E-state index contributed by atoms with van der Waals surface area (Å²) in [5.74, 6) is 0.822. The van der Waals surface area contributed by atoms with Crippen LogP contribution in [0, 0.1) is 11.3 Å². The average molecular weight is 269 g/mol. The molecule has 0 bridgehead atoms. The van der Waals surface area contributed by atoms with Gasteiger partial charge in [-0.1, -0.05) is 20.8 Å². The molecule has 0 spiro atoms. The van der Waals surface area contributed by atoms with Crippen molar-refractivity contribution >= 4 is 0 Å². The molecule has 2 atom stereocenters. The molecule has 3 nitrogen and oxygen atoms in total. The number of nitrogens with one attached hydrogen (secondary N) is 1. The third kappa shape index (κ3) is 4.17. The number of ether oxygens (including phenoxy) is 2. The molecular formula is C16H31NO2. The topological polar surface area (TPSA) is 30.5 Å². The first-order chi connectivity index (χ1) is 9.18. The van der Waals surface area contributed by atoms with Gasteiger partial charge in [0.15, 0.2) is 0 Å². The van der Waals surface area contributed by atoms with Crippen LogP contribution in [0.5, 0.6) is 0 Å². The summed E-state index contributed by atoms with van der Waals surface area (Å²) in [7, 11) is 0. The maximum Gasteiger partial charge on any atom is 0.0673 e. The minimum absolute atomic E-state index is 0.319. The molecule has 3 heteroatoms. The standard InChI is InChI=1S/C16H31NO2/c1-4-9-18-10-7-16(12-17-13(2)3)8-11-19-15(16)14-5-6-14/h13-15,17H,4-12H2,1-3H3. The zero-order valence-electron chi connectivity index (χ0n) is 12.9. The van der Waals surface area contributed by atoms with E-state index in [1.165, 1.54) is 19.3 Å². The highest BCUT2D eigenvalue weighted by Gasteiger charge is 2.50. The second-order valence-corrected chi connectivity index (χ2v) is 6.64. The smallest absolute Gasteiger partial charge is 0.0673 e. The first-order valence-corrected chi connectivity index (χ1v) is 8.10. The molecule has 112 valence electrons. The van der Waals surface area contributed by atoms with E-state index in [0.717, 1.165) is 45.1 Å². The Morgan fingerprint density at radius 3 is 2.74 bits per heavy atom. The van der Waals surface area contributed by atoms with Crippen molar-refractivity contribution in [3.8, 4) is 0 Å². The van der Waals surface area contributed by atoms with Crippen molar-refractivity contribution in [1.29, 1.82) is 0 Å². The third-order valence-electron chi connectivity index (χ3n) is 4.51. The summed E-state index contributed by atoms with van der Waals surface area (Å²) in [4.78, 5) is 0. The molecule has 1 saturated heterocycles. The van der Waals surface area contributed by atoms with Crippen LogP contribution >= 0.6 is 0 Å². The van der Waals surface area contributed by atoms with E-state index in [2.05, 4.69) is 26.1 Å². The Balaban J connectivity index is 1.90. The number of hydrogen-bond donors (Lipinski definition) is 1. The predicted molar refractivity (Wildman–Crippen MR) is 78.4 cm³/mol. The first-order valence-electron chi connectivity index (χ1n) is 8.10. The van der Waals surface area contributed by atoms with Crippen molar-refractivity contribution < 1.29 is 9.47 Å². The second kappa shape index (κ2) is 7.05. The van der Waals surface area contributed by atoms with Crippen LogP contribution < -0.4 is 5.32 Å². The summed E-state index contributed by atoms with van der Waals surface area (Å²) in [6.45, 7) is 10.4. The van der Waals surface area contributed by atoms with Gasteiger partial charge in [0.05, 0.1) is 6.10 Å². The van der Waals surface area contributed by atoms with E-state index in [0.29, 0.717) is 17.6 Å². The Kier molecular flexibility index (Phi) is 5.67. The molecule has 2 fully saturated rings. The molecular weight excluding hydrogens is 238 g/mol. The molecule has 1 aliphatic heterocycles. The van der Waals surface area contributed by atoms with Crippen LogP contribution in [0.3, 0.4) is 0 Å². The van der Waals surface area contributed by atoms with Gasteiger partial charge in [-0.25, -0.2) is 0 Å². The quantitative estimate of drug-likeness (QED) is 0.653. The van der Waals surface area contributed by atoms with Crippen molar-refractivity contribution in [1.82, 2.24) is 5.32 Å². The van der Waals surface area contributed by atoms with Gasteiger partial charge in [0, 0.05) is 37.8 Å². The van der Waals surface area contributed by atoms with E-state index in [1.54, 1.807) is 0 Å². The van der Waals surface area contributed by atoms with Gasteiger partial charge in [-0.15, -0.1) is 0 Å². The number of rotatable bonds is 9. The monoisotopic (exact) mass is 269 g/mol. The van der Waals surface area contributed by atoms with Gasteiger partial charge in [0.25, 0.3) is 0 Å². The lowest BCUT2D eigenvalue weighted by Crippen LogP contribution is -2.44. The van der Waals surface area contributed by atoms with Crippen LogP contribution in [0.25, 0.3) is 0 Å². The Hall–Kier alpha value is -0.120. The van der Waals surface area contributed by atoms with E-state index < -0.39 is 0 Å². The fourth-order valence-corrected chi connectivity index (χ4v) is 3.22. The second-order valence-electron chi connectivity index (χ2n) is 6.64. The molecule has 1 heterocycles. The number of hydrogen-bond acceptors (Lipinski definition) is 3. The summed E-state index contributed by atoms with van der Waals surface area (Å²) in [5.41, 5.74) is 0.319. The van der Waals surface area contributed by atoms with E-state index in [9.17, 15) is 0 Å². The summed E-state index contributed by atoms with van der Waals surface area (Å²) < 4.78 is 11.8. The van der Waals surface area contributed by atoms with Crippen LogP contribution in [-0.2, 0) is 9.47 Å². The molecule has 0 aromatic heterocycles. The fraction of sp³-hybridized carbons (Fsp3) is 1.00. The average Bonchev–Trinajstić information content (AvgIpc) is 3.14. The van der Waals surface area contributed by atoms with Crippen molar-refractivity contribution in [3.63, 3.8) is 0 Å². The zero-order chi connectivity index (χ0) is 13.7. The van der Waals surface area contributed by atoms with Crippen LogP contribution in [0.2, 0.25) is 0 Å². The highest BCUT2D eigenvalue weighted by molar-refractivity contribution is 5.00. The van der Waals surface area contributed by atoms with Gasteiger partial charge in [-0.3, -0.25) is 0 Å². The maximum atomic E-state index is 6.09. The van der Waals surface area contributed by atoms with Gasteiger partial charge in [0.2, 0.25) is 0 Å². The van der Waals surface area contributed by atoms with Crippen molar-refractivity contribution in [2.75, 3.05) is 26.4 Å². The Morgan fingerprint density at radius 1 is 1.32 bits per heavy atom. The maximum absolute atomic E-state index is 6.09. The molecule has 1 N–H and O–H groups in total. The van der Waals surface area contributed by atoms with E-state index in [-0.39, 0.29) is 0 Å². The molecule has 1 saturated carbocycles. The zero-order valence-corrected chi connectivity index (χ0v) is 12.9. The minimum Gasteiger partial charge on any atom is -0.381 e. The van der Waals surface area contributed by atoms with Crippen molar-refractivity contribution in [2.45, 2.75) is 65.0 Å². The molecule has 2 rings (SSSR count). The van der Waals surface area contributed by atoms with E-state index >= 15 is 0 Å². The fourth-order valence-electron chi connectivity index (χ4n) is 3.22. The van der Waals surface area contributed by atoms with Crippen LogP contribution in [0.15, 0.2) is 0 Å². The summed E-state index contributed by atoms with van der Waals surface area (Å²) in [6, 6.07) is 0.550. The van der Waals surface area contributed by atoms with Crippen molar-refractivity contribution in [3.05, 3.63) is 0 Å². The molecule has 0 aromatic carbocycles. The highest BCUT2D eigenvalue weighted by atomic mass is 16.5. The molecule has 2 aliphatic rings. The van der Waals surface area contributed by atoms with Crippen LogP contribution in [0.1, 0.15) is 52.9 Å². The Bertz CT molecular complexity index is 265. The molecule has 0 aromatic rings. The Morgan fingerprint density at radius 2 is 2.11 bits per heavy atom. The lowest BCUT2D eigenvalue weighted by Gasteiger charge is -2.35. The SMILES string of the molecule is CCCOCCC1(CNC(C)C)CCOC1C1CC1. The normalized spacial score (nSPS) is 31.3. The highest BCUT2D eigenvalue weighted by Crippen LogP contribution is 2.49. The van der Waals surface area contributed by atoms with Crippen LogP contribution in [0.4, 0.5) is 0 Å². The van der Waals surface area contributed by atoms with Gasteiger partial charge >= 0.3 is 0 Å². The first kappa shape index (κ1) is 15.3. The Labute approximate surface area is 118 Å². The van der Waals surface area contributed by atoms with Gasteiger partial charge in [0.1, 0.15) is 0 Å². The van der Waals surface area contributed by atoms with Gasteiger partial charge in [-0.05, 0) is 38.0 Å². The van der Waals surface area contributed by atoms with Crippen molar-refractivity contribution in [2.24, 2.45) is 11.3 Å². The largest absolute Gasteiger partial charge is 0.381 e. The predicted octanol–water partition coefficient (Wildman–Crippen LogP) is 2.99. The third-order valence-corrected chi connectivity index (χ3v) is 4.51. The molecule has 19 heavy (non-hydrogen) atoms. The molecule has 0 radical (unpaired) electrons. The van der Waals surface area contributed by atoms with Gasteiger partial charge < -0.3 is 14.8 Å². The minimum atomic E-state index is 0.319.